The molecular weight excluding hydrogens is 372 g/mol. The molecule has 1 nitrogen and oxygen atoms in total. The van der Waals surface area contributed by atoms with Crippen molar-refractivity contribution in [1.29, 1.82) is 0 Å². The van der Waals surface area contributed by atoms with E-state index in [2.05, 4.69) is 18.8 Å². The average molecular weight is 395 g/mol. The van der Waals surface area contributed by atoms with Gasteiger partial charge in [-0.2, -0.15) is 0 Å². The van der Waals surface area contributed by atoms with Gasteiger partial charge in [0.15, 0.2) is 0 Å². The maximum Gasteiger partial charge on any atom is 0.0638 e. The first kappa shape index (κ1) is 22.5. The van der Waals surface area contributed by atoms with Gasteiger partial charge in [-0.05, 0) is 35.1 Å². The largest absolute Gasteiger partial charge is 0.262 e. The van der Waals surface area contributed by atoms with Crippen LogP contribution in [0.2, 0.25) is 20.1 Å². The van der Waals surface area contributed by atoms with E-state index in [4.69, 9.17) is 46.4 Å². The van der Waals surface area contributed by atoms with Crippen molar-refractivity contribution < 1.29 is 0 Å². The topological polar surface area (TPSA) is 12.9 Å². The van der Waals surface area contributed by atoms with Crippen molar-refractivity contribution in [2.75, 3.05) is 0 Å². The van der Waals surface area contributed by atoms with Crippen molar-refractivity contribution in [3.8, 4) is 0 Å². The third-order valence-corrected chi connectivity index (χ3v) is 4.31. The molecule has 0 N–H and O–H groups in total. The monoisotopic (exact) mass is 393 g/mol. The molecule has 2 rings (SSSR count). The number of hydrogen-bond acceptors (Lipinski definition) is 1. The standard InChI is InChI=1S/C9H10Cl2.C8H9Cl2N.CH4/c1-6(2)9-7(10)4-3-5-8(9)11;1-5(2)8-6(9)3-11-4-7(8)10;/h3-6H,1-2H3;3-5H,1-2H3;1H4. The minimum atomic E-state index is 0. The summed E-state index contributed by atoms with van der Waals surface area (Å²) in [5.41, 5.74) is 2.01. The summed E-state index contributed by atoms with van der Waals surface area (Å²) in [5.74, 6) is 0.731. The van der Waals surface area contributed by atoms with Crippen LogP contribution in [0.1, 0.15) is 58.1 Å². The van der Waals surface area contributed by atoms with Gasteiger partial charge in [-0.15, -0.1) is 0 Å². The van der Waals surface area contributed by atoms with Gasteiger partial charge in [-0.1, -0.05) is 87.6 Å². The highest BCUT2D eigenvalue weighted by atomic mass is 35.5. The normalized spacial score (nSPS) is 10.2. The van der Waals surface area contributed by atoms with Crippen molar-refractivity contribution in [1.82, 2.24) is 4.98 Å². The highest BCUT2D eigenvalue weighted by Gasteiger charge is 2.09. The highest BCUT2D eigenvalue weighted by Crippen LogP contribution is 2.31. The van der Waals surface area contributed by atoms with Gasteiger partial charge in [0.1, 0.15) is 0 Å². The Morgan fingerprint density at radius 1 is 0.696 bits per heavy atom. The van der Waals surface area contributed by atoms with Gasteiger partial charge in [0.2, 0.25) is 0 Å². The van der Waals surface area contributed by atoms with Gasteiger partial charge in [0.25, 0.3) is 0 Å². The number of halogens is 4. The molecule has 0 radical (unpaired) electrons. The van der Waals surface area contributed by atoms with Crippen LogP contribution >= 0.6 is 46.4 Å². The van der Waals surface area contributed by atoms with Crippen LogP contribution in [-0.2, 0) is 0 Å². The Bertz CT molecular complexity index is 528. The fourth-order valence-corrected chi connectivity index (χ4v) is 3.67. The summed E-state index contributed by atoms with van der Waals surface area (Å²) in [5, 5.41) is 2.81. The molecule has 1 aromatic heterocycles. The van der Waals surface area contributed by atoms with Crippen molar-refractivity contribution in [3.63, 3.8) is 0 Å². The van der Waals surface area contributed by atoms with Gasteiger partial charge in [0, 0.05) is 22.4 Å². The number of hydrogen-bond donors (Lipinski definition) is 0. The molecule has 0 aliphatic rings. The summed E-state index contributed by atoms with van der Waals surface area (Å²) in [6.45, 7) is 8.25. The lowest BCUT2D eigenvalue weighted by molar-refractivity contribution is 0.863. The molecular formula is C18H23Cl4N. The summed E-state index contributed by atoms with van der Waals surface area (Å²) in [4.78, 5) is 3.86. The minimum absolute atomic E-state index is 0. The zero-order valence-corrected chi connectivity index (χ0v) is 16.0. The lowest BCUT2D eigenvalue weighted by atomic mass is 10.0. The van der Waals surface area contributed by atoms with E-state index in [0.29, 0.717) is 21.9 Å². The Hall–Kier alpha value is -0.470. The zero-order valence-electron chi connectivity index (χ0n) is 13.0. The molecule has 0 aliphatic heterocycles. The number of benzene rings is 1. The Balaban J connectivity index is 0.000000403. The van der Waals surface area contributed by atoms with Crippen LogP contribution < -0.4 is 0 Å². The molecule has 128 valence electrons. The molecule has 23 heavy (non-hydrogen) atoms. The van der Waals surface area contributed by atoms with E-state index in [9.17, 15) is 0 Å². The van der Waals surface area contributed by atoms with E-state index in [1.807, 2.05) is 32.0 Å². The second-order valence-corrected chi connectivity index (χ2v) is 7.09. The predicted octanol–water partition coefficient (Wildman–Crippen LogP) is 8.26. The van der Waals surface area contributed by atoms with Crippen LogP contribution in [0.15, 0.2) is 30.6 Å². The van der Waals surface area contributed by atoms with E-state index in [1.165, 1.54) is 0 Å². The predicted molar refractivity (Wildman–Crippen MR) is 106 cm³/mol. The summed E-state index contributed by atoms with van der Waals surface area (Å²) in [6, 6.07) is 5.59. The van der Waals surface area contributed by atoms with Gasteiger partial charge in [0.05, 0.1) is 10.0 Å². The summed E-state index contributed by atoms with van der Waals surface area (Å²) < 4.78 is 0. The molecule has 2 aromatic rings. The molecule has 0 spiro atoms. The lowest BCUT2D eigenvalue weighted by Gasteiger charge is -2.09. The molecule has 0 aliphatic carbocycles. The van der Waals surface area contributed by atoms with Crippen molar-refractivity contribution >= 4 is 46.4 Å². The Morgan fingerprint density at radius 3 is 1.30 bits per heavy atom. The minimum Gasteiger partial charge on any atom is -0.262 e. The molecule has 5 heteroatoms. The van der Waals surface area contributed by atoms with Crippen LogP contribution in [0.5, 0.6) is 0 Å². The molecule has 0 bridgehead atoms. The Kier molecular flexibility index (Phi) is 10.2. The van der Waals surface area contributed by atoms with Crippen LogP contribution in [0, 0.1) is 0 Å². The lowest BCUT2D eigenvalue weighted by Crippen LogP contribution is -1.91. The first-order valence-corrected chi connectivity index (χ1v) is 8.49. The maximum atomic E-state index is 5.94. The maximum absolute atomic E-state index is 5.94. The smallest absolute Gasteiger partial charge is 0.0638 e. The van der Waals surface area contributed by atoms with Crippen LogP contribution in [0.25, 0.3) is 0 Å². The molecule has 0 saturated carbocycles. The molecule has 0 fully saturated rings. The SMILES string of the molecule is C.CC(C)c1c(Cl)cccc1Cl.CC(C)c1c(Cl)cncc1Cl. The van der Waals surface area contributed by atoms with Gasteiger partial charge < -0.3 is 0 Å². The number of aromatic nitrogens is 1. The fraction of sp³-hybridized carbons (Fsp3) is 0.389. The Labute approximate surface area is 159 Å². The Morgan fingerprint density at radius 2 is 1.04 bits per heavy atom. The second kappa shape index (κ2) is 10.4. The van der Waals surface area contributed by atoms with Crippen molar-refractivity contribution in [2.24, 2.45) is 0 Å². The van der Waals surface area contributed by atoms with E-state index < -0.39 is 0 Å². The fourth-order valence-electron chi connectivity index (χ4n) is 2.04. The zero-order chi connectivity index (χ0) is 16.9. The highest BCUT2D eigenvalue weighted by molar-refractivity contribution is 6.36. The van der Waals surface area contributed by atoms with Crippen molar-refractivity contribution in [3.05, 3.63) is 61.8 Å². The summed E-state index contributed by atoms with van der Waals surface area (Å²) in [6.07, 6.45) is 3.23. The summed E-state index contributed by atoms with van der Waals surface area (Å²) >= 11 is 23.6. The number of pyridine rings is 1. The molecule has 0 unspecified atom stereocenters. The average Bonchev–Trinajstić information content (AvgIpc) is 2.38. The molecule has 1 aromatic carbocycles. The number of rotatable bonds is 2. The third kappa shape index (κ3) is 6.51. The molecule has 0 amide bonds. The van der Waals surface area contributed by atoms with Gasteiger partial charge in [-0.3, -0.25) is 4.98 Å². The quantitative estimate of drug-likeness (QED) is 0.499. The summed E-state index contributed by atoms with van der Waals surface area (Å²) in [7, 11) is 0. The van der Waals surface area contributed by atoms with Gasteiger partial charge >= 0.3 is 0 Å². The van der Waals surface area contributed by atoms with Crippen LogP contribution in [0.4, 0.5) is 0 Å². The van der Waals surface area contributed by atoms with E-state index in [-0.39, 0.29) is 7.43 Å². The second-order valence-electron chi connectivity index (χ2n) is 5.46. The van der Waals surface area contributed by atoms with Gasteiger partial charge in [-0.25, -0.2) is 0 Å². The number of nitrogens with zero attached hydrogens (tertiary/aromatic N) is 1. The molecule has 0 atom stereocenters. The van der Waals surface area contributed by atoms with Crippen molar-refractivity contribution in [2.45, 2.75) is 47.0 Å². The van der Waals surface area contributed by atoms with Crippen LogP contribution in [-0.4, -0.2) is 4.98 Å². The third-order valence-electron chi connectivity index (χ3n) is 3.04. The van der Waals surface area contributed by atoms with Crippen LogP contribution in [0.3, 0.4) is 0 Å². The first-order valence-electron chi connectivity index (χ1n) is 6.98. The molecule has 1 heterocycles. The first-order chi connectivity index (χ1) is 10.3. The van der Waals surface area contributed by atoms with E-state index in [0.717, 1.165) is 21.2 Å². The molecule has 0 saturated heterocycles. The van der Waals surface area contributed by atoms with E-state index >= 15 is 0 Å². The van der Waals surface area contributed by atoms with E-state index in [1.54, 1.807) is 12.4 Å².